The number of thiophene rings is 1. The highest BCUT2D eigenvalue weighted by Crippen LogP contribution is 2.24. The lowest BCUT2D eigenvalue weighted by molar-refractivity contribution is -0.134. The second-order valence-corrected chi connectivity index (χ2v) is 9.22. The predicted molar refractivity (Wildman–Crippen MR) is 120 cm³/mol. The highest BCUT2D eigenvalue weighted by molar-refractivity contribution is 7.18. The molecule has 160 valence electrons. The normalized spacial score (nSPS) is 14.5. The first kappa shape index (κ1) is 22.5. The molecule has 0 spiro atoms. The number of likely N-dealkylation sites (tertiary alicyclic amines) is 1. The molecule has 1 aromatic carbocycles. The fourth-order valence-electron chi connectivity index (χ4n) is 3.85. The second kappa shape index (κ2) is 10.7. The molecule has 1 aromatic heterocycles. The number of nitrogens with zero attached hydrogens (tertiary/aromatic N) is 2. The molecule has 0 bridgehead atoms. The number of benzene rings is 1. The lowest BCUT2D eigenvalue weighted by atomic mass is 10.0. The van der Waals surface area contributed by atoms with Crippen molar-refractivity contribution in [3.63, 3.8) is 0 Å². The SMILES string of the molecule is CCCN(C(=O)CCC(=O)c1ccc(Cl)s1)C1CCN(C(=O)c2ccccc2)CC1. The van der Waals surface area contributed by atoms with Gasteiger partial charge in [0.05, 0.1) is 9.21 Å². The van der Waals surface area contributed by atoms with Gasteiger partial charge in [0.15, 0.2) is 5.78 Å². The minimum Gasteiger partial charge on any atom is -0.340 e. The average molecular weight is 447 g/mol. The number of halogens is 1. The first-order valence-corrected chi connectivity index (χ1v) is 11.6. The molecule has 2 heterocycles. The van der Waals surface area contributed by atoms with Crippen LogP contribution in [0.4, 0.5) is 0 Å². The molecule has 7 heteroatoms. The van der Waals surface area contributed by atoms with Gasteiger partial charge in [-0.3, -0.25) is 14.4 Å². The fourth-order valence-corrected chi connectivity index (χ4v) is 4.86. The number of hydrogen-bond donors (Lipinski definition) is 0. The zero-order chi connectivity index (χ0) is 21.5. The van der Waals surface area contributed by atoms with Gasteiger partial charge in [0.25, 0.3) is 5.91 Å². The summed E-state index contributed by atoms with van der Waals surface area (Å²) in [6.07, 6.45) is 2.79. The lowest BCUT2D eigenvalue weighted by Crippen LogP contribution is -2.49. The highest BCUT2D eigenvalue weighted by atomic mass is 35.5. The molecule has 5 nitrogen and oxygen atoms in total. The monoisotopic (exact) mass is 446 g/mol. The molecular weight excluding hydrogens is 420 g/mol. The molecule has 0 radical (unpaired) electrons. The van der Waals surface area contributed by atoms with Gasteiger partial charge >= 0.3 is 0 Å². The van der Waals surface area contributed by atoms with Crippen molar-refractivity contribution >= 4 is 40.5 Å². The van der Waals surface area contributed by atoms with E-state index in [4.69, 9.17) is 11.6 Å². The van der Waals surface area contributed by atoms with E-state index in [1.54, 1.807) is 12.1 Å². The molecule has 2 aromatic rings. The minimum atomic E-state index is -0.0417. The van der Waals surface area contributed by atoms with Crippen LogP contribution in [-0.2, 0) is 4.79 Å². The Morgan fingerprint density at radius 3 is 2.37 bits per heavy atom. The van der Waals surface area contributed by atoms with Crippen molar-refractivity contribution in [3.8, 4) is 0 Å². The van der Waals surface area contributed by atoms with Gasteiger partial charge < -0.3 is 9.80 Å². The minimum absolute atomic E-state index is 0.0145. The second-order valence-electron chi connectivity index (χ2n) is 7.50. The topological polar surface area (TPSA) is 57.7 Å². The highest BCUT2D eigenvalue weighted by Gasteiger charge is 2.29. The summed E-state index contributed by atoms with van der Waals surface area (Å²) < 4.78 is 0.578. The van der Waals surface area contributed by atoms with Gasteiger partial charge in [0, 0.05) is 44.1 Å². The van der Waals surface area contributed by atoms with Gasteiger partial charge in [-0.25, -0.2) is 0 Å². The quantitative estimate of drug-likeness (QED) is 0.541. The van der Waals surface area contributed by atoms with Crippen LogP contribution in [0.15, 0.2) is 42.5 Å². The molecule has 0 unspecified atom stereocenters. The Morgan fingerprint density at radius 1 is 1.07 bits per heavy atom. The van der Waals surface area contributed by atoms with Crippen molar-refractivity contribution in [1.82, 2.24) is 9.80 Å². The number of ketones is 1. The van der Waals surface area contributed by atoms with Gasteiger partial charge in [-0.15, -0.1) is 11.3 Å². The van der Waals surface area contributed by atoms with Crippen LogP contribution in [0.25, 0.3) is 0 Å². The molecule has 0 N–H and O–H groups in total. The maximum absolute atomic E-state index is 12.9. The molecule has 2 amide bonds. The number of amides is 2. The summed E-state index contributed by atoms with van der Waals surface area (Å²) in [5.41, 5.74) is 0.699. The summed E-state index contributed by atoms with van der Waals surface area (Å²) in [6, 6.07) is 12.8. The van der Waals surface area contributed by atoms with Crippen LogP contribution >= 0.6 is 22.9 Å². The van der Waals surface area contributed by atoms with Crippen LogP contribution < -0.4 is 0 Å². The van der Waals surface area contributed by atoms with Crippen molar-refractivity contribution in [1.29, 1.82) is 0 Å². The molecule has 3 rings (SSSR count). The van der Waals surface area contributed by atoms with Crippen molar-refractivity contribution in [2.45, 2.75) is 45.1 Å². The first-order valence-electron chi connectivity index (χ1n) is 10.4. The van der Waals surface area contributed by atoms with E-state index in [1.807, 2.05) is 47.1 Å². The molecule has 0 saturated carbocycles. The molecule has 1 aliphatic heterocycles. The molecule has 1 fully saturated rings. The van der Waals surface area contributed by atoms with Crippen molar-refractivity contribution in [2.75, 3.05) is 19.6 Å². The Balaban J connectivity index is 1.54. The molecule has 0 aliphatic carbocycles. The van der Waals surface area contributed by atoms with Crippen LogP contribution in [-0.4, -0.2) is 53.1 Å². The predicted octanol–water partition coefficient (Wildman–Crippen LogP) is 4.91. The summed E-state index contributed by atoms with van der Waals surface area (Å²) in [6.45, 7) is 4.00. The van der Waals surface area contributed by atoms with Crippen LogP contribution in [0, 0.1) is 0 Å². The molecule has 0 atom stereocenters. The Morgan fingerprint density at radius 2 is 1.77 bits per heavy atom. The van der Waals surface area contributed by atoms with E-state index in [9.17, 15) is 14.4 Å². The molecule has 30 heavy (non-hydrogen) atoms. The van der Waals surface area contributed by atoms with E-state index in [0.717, 1.165) is 19.3 Å². The number of carbonyl (C=O) groups excluding carboxylic acids is 3. The number of piperidine rings is 1. The fraction of sp³-hybridized carbons (Fsp3) is 0.435. The number of carbonyl (C=O) groups is 3. The zero-order valence-electron chi connectivity index (χ0n) is 17.2. The van der Waals surface area contributed by atoms with E-state index in [1.165, 1.54) is 11.3 Å². The molecule has 1 aliphatic rings. The zero-order valence-corrected chi connectivity index (χ0v) is 18.8. The van der Waals surface area contributed by atoms with Gasteiger partial charge in [0.1, 0.15) is 0 Å². The average Bonchev–Trinajstić information content (AvgIpc) is 3.22. The summed E-state index contributed by atoms with van der Waals surface area (Å²) >= 11 is 7.15. The summed E-state index contributed by atoms with van der Waals surface area (Å²) in [7, 11) is 0. The third-order valence-corrected chi connectivity index (χ3v) is 6.68. The van der Waals surface area contributed by atoms with E-state index >= 15 is 0 Å². The maximum Gasteiger partial charge on any atom is 0.253 e. The first-order chi connectivity index (χ1) is 14.5. The number of Topliss-reactive ketones (excluding diaryl/α,β-unsaturated/α-hetero) is 1. The van der Waals surface area contributed by atoms with Crippen molar-refractivity contribution in [3.05, 3.63) is 57.2 Å². The van der Waals surface area contributed by atoms with Gasteiger partial charge in [-0.05, 0) is 43.5 Å². The molecular formula is C23H27ClN2O3S. The lowest BCUT2D eigenvalue weighted by Gasteiger charge is -2.38. The number of hydrogen-bond acceptors (Lipinski definition) is 4. The van der Waals surface area contributed by atoms with Crippen molar-refractivity contribution in [2.24, 2.45) is 0 Å². The third-order valence-electron chi connectivity index (χ3n) is 5.41. The van der Waals surface area contributed by atoms with Crippen LogP contribution in [0.5, 0.6) is 0 Å². The van der Waals surface area contributed by atoms with Crippen molar-refractivity contribution < 1.29 is 14.4 Å². The Kier molecular flexibility index (Phi) is 8.05. The third kappa shape index (κ3) is 5.70. The van der Waals surface area contributed by atoms with Crippen LogP contribution in [0.2, 0.25) is 4.34 Å². The van der Waals surface area contributed by atoms with Gasteiger partial charge in [-0.2, -0.15) is 0 Å². The number of rotatable bonds is 8. The molecule has 1 saturated heterocycles. The summed E-state index contributed by atoms with van der Waals surface area (Å²) in [5.74, 6) is 0.0169. The van der Waals surface area contributed by atoms with Crippen LogP contribution in [0.1, 0.15) is 59.1 Å². The van der Waals surface area contributed by atoms with Gasteiger partial charge in [-0.1, -0.05) is 36.7 Å². The maximum atomic E-state index is 12.9. The largest absolute Gasteiger partial charge is 0.340 e. The summed E-state index contributed by atoms with van der Waals surface area (Å²) in [5, 5.41) is 0. The van der Waals surface area contributed by atoms with E-state index in [2.05, 4.69) is 0 Å². The summed E-state index contributed by atoms with van der Waals surface area (Å²) in [4.78, 5) is 42.2. The smallest absolute Gasteiger partial charge is 0.253 e. The van der Waals surface area contributed by atoms with Crippen LogP contribution in [0.3, 0.4) is 0 Å². The van der Waals surface area contributed by atoms with E-state index < -0.39 is 0 Å². The Labute approximate surface area is 186 Å². The van der Waals surface area contributed by atoms with E-state index in [0.29, 0.717) is 34.4 Å². The van der Waals surface area contributed by atoms with Gasteiger partial charge in [0.2, 0.25) is 5.91 Å². The standard InChI is InChI=1S/C23H27ClN2O3S/c1-2-14-26(22(28)11-8-19(27)20-9-10-21(24)30-20)18-12-15-25(16-13-18)23(29)17-6-4-3-5-7-17/h3-7,9-10,18H,2,8,11-16H2,1H3. The Bertz CT molecular complexity index is 876. The van der Waals surface area contributed by atoms with E-state index in [-0.39, 0.29) is 36.5 Å². The Hall–Kier alpha value is -2.18.